The van der Waals surface area contributed by atoms with Crippen molar-refractivity contribution in [3.63, 3.8) is 0 Å². The molecule has 28 heavy (non-hydrogen) atoms. The van der Waals surface area contributed by atoms with Crippen LogP contribution in [0.3, 0.4) is 0 Å². The Bertz CT molecular complexity index is 559. The number of rotatable bonds is 6. The van der Waals surface area contributed by atoms with Gasteiger partial charge in [-0.25, -0.2) is 0 Å². The number of carbonyl (C=O) groups is 2. The van der Waals surface area contributed by atoms with E-state index in [1.165, 1.54) is 0 Å². The highest BCUT2D eigenvalue weighted by Crippen LogP contribution is 2.39. The molecule has 7 nitrogen and oxygen atoms in total. The lowest BCUT2D eigenvalue weighted by atomic mass is 9.85. The van der Waals surface area contributed by atoms with Crippen LogP contribution in [0.15, 0.2) is 4.99 Å². The van der Waals surface area contributed by atoms with E-state index in [2.05, 4.69) is 17.6 Å². The van der Waals surface area contributed by atoms with Crippen molar-refractivity contribution in [3.05, 3.63) is 0 Å². The van der Waals surface area contributed by atoms with Crippen molar-refractivity contribution in [1.82, 2.24) is 20.4 Å². The summed E-state index contributed by atoms with van der Waals surface area (Å²) in [6.45, 7) is 8.85. The van der Waals surface area contributed by atoms with Gasteiger partial charge >= 0.3 is 0 Å². The molecule has 0 aromatic heterocycles. The second-order valence-corrected chi connectivity index (χ2v) is 8.78. The summed E-state index contributed by atoms with van der Waals surface area (Å²) in [7, 11) is 3.67. The first-order chi connectivity index (χ1) is 13.3. The SMILES string of the molecule is CCNC(=NCC1(C(=O)N(C)C)CCCC1)NC1CCN(C(=O)C(C)C)CC1. The first-order valence-electron chi connectivity index (χ1n) is 10.8. The fourth-order valence-corrected chi connectivity index (χ4v) is 4.32. The summed E-state index contributed by atoms with van der Waals surface area (Å²) >= 11 is 0. The molecule has 1 heterocycles. The number of nitrogens with zero attached hydrogens (tertiary/aromatic N) is 3. The van der Waals surface area contributed by atoms with Crippen LogP contribution in [0.4, 0.5) is 0 Å². The molecule has 0 aromatic carbocycles. The number of guanidine groups is 1. The van der Waals surface area contributed by atoms with E-state index < -0.39 is 0 Å². The number of nitrogens with one attached hydrogen (secondary N) is 2. The highest BCUT2D eigenvalue weighted by atomic mass is 16.2. The van der Waals surface area contributed by atoms with Crippen molar-refractivity contribution in [1.29, 1.82) is 0 Å². The fraction of sp³-hybridized carbons (Fsp3) is 0.857. The average Bonchev–Trinajstić information content (AvgIpc) is 3.15. The minimum Gasteiger partial charge on any atom is -0.357 e. The summed E-state index contributed by atoms with van der Waals surface area (Å²) in [5.41, 5.74) is -0.348. The quantitative estimate of drug-likeness (QED) is 0.533. The first kappa shape index (κ1) is 22.5. The third kappa shape index (κ3) is 5.61. The number of amides is 2. The number of likely N-dealkylation sites (tertiary alicyclic amines) is 1. The molecule has 0 bridgehead atoms. The zero-order valence-corrected chi connectivity index (χ0v) is 18.4. The third-order valence-electron chi connectivity index (χ3n) is 5.95. The van der Waals surface area contributed by atoms with Crippen LogP contribution in [-0.4, -0.2) is 73.9 Å². The van der Waals surface area contributed by atoms with Crippen LogP contribution >= 0.6 is 0 Å². The van der Waals surface area contributed by atoms with Gasteiger partial charge in [-0.1, -0.05) is 26.7 Å². The van der Waals surface area contributed by atoms with Gasteiger partial charge in [-0.2, -0.15) is 0 Å². The lowest BCUT2D eigenvalue weighted by molar-refractivity contribution is -0.138. The average molecular weight is 394 g/mol. The second-order valence-electron chi connectivity index (χ2n) is 8.78. The van der Waals surface area contributed by atoms with E-state index in [1.807, 2.05) is 32.8 Å². The molecule has 0 spiro atoms. The van der Waals surface area contributed by atoms with Gasteiger partial charge in [0.05, 0.1) is 12.0 Å². The maximum atomic E-state index is 12.8. The summed E-state index contributed by atoms with van der Waals surface area (Å²) in [6.07, 6.45) is 5.88. The fourth-order valence-electron chi connectivity index (χ4n) is 4.32. The smallest absolute Gasteiger partial charge is 0.230 e. The van der Waals surface area contributed by atoms with Crippen molar-refractivity contribution < 1.29 is 9.59 Å². The number of hydrogen-bond acceptors (Lipinski definition) is 3. The molecular formula is C21H39N5O2. The van der Waals surface area contributed by atoms with E-state index in [1.54, 1.807) is 4.90 Å². The largest absolute Gasteiger partial charge is 0.357 e. The van der Waals surface area contributed by atoms with E-state index in [4.69, 9.17) is 4.99 Å². The Hall–Kier alpha value is -1.79. The molecule has 1 saturated carbocycles. The molecular weight excluding hydrogens is 354 g/mol. The Morgan fingerprint density at radius 2 is 1.79 bits per heavy atom. The first-order valence-corrected chi connectivity index (χ1v) is 10.8. The number of carbonyl (C=O) groups excluding carboxylic acids is 2. The van der Waals surface area contributed by atoms with Gasteiger partial charge in [-0.3, -0.25) is 14.6 Å². The zero-order chi connectivity index (χ0) is 20.7. The topological polar surface area (TPSA) is 77.0 Å². The molecule has 160 valence electrons. The molecule has 0 aromatic rings. The van der Waals surface area contributed by atoms with E-state index in [0.717, 1.165) is 64.1 Å². The van der Waals surface area contributed by atoms with E-state index in [0.29, 0.717) is 12.6 Å². The second kappa shape index (κ2) is 10.1. The summed E-state index contributed by atoms with van der Waals surface area (Å²) < 4.78 is 0. The minimum absolute atomic E-state index is 0.0558. The maximum Gasteiger partial charge on any atom is 0.230 e. The van der Waals surface area contributed by atoms with Crippen molar-refractivity contribution in [3.8, 4) is 0 Å². The van der Waals surface area contributed by atoms with Gasteiger partial charge in [-0.15, -0.1) is 0 Å². The molecule has 2 fully saturated rings. The maximum absolute atomic E-state index is 12.8. The summed E-state index contributed by atoms with van der Waals surface area (Å²) in [4.78, 5) is 33.4. The molecule has 2 amide bonds. The van der Waals surface area contributed by atoms with Crippen LogP contribution in [0.1, 0.15) is 59.3 Å². The predicted molar refractivity (Wildman–Crippen MR) is 113 cm³/mol. The Kier molecular flexibility index (Phi) is 8.13. The molecule has 1 saturated heterocycles. The van der Waals surface area contributed by atoms with Crippen LogP contribution in [-0.2, 0) is 9.59 Å². The molecule has 0 atom stereocenters. The van der Waals surface area contributed by atoms with Crippen LogP contribution in [0.2, 0.25) is 0 Å². The standard InChI is InChI=1S/C21H39N5O2/c1-6-22-20(23-15-21(11-7-8-12-21)19(28)25(4)5)24-17-9-13-26(14-10-17)18(27)16(2)3/h16-17H,6-15H2,1-5H3,(H2,22,23,24). The van der Waals surface area contributed by atoms with E-state index in [9.17, 15) is 9.59 Å². The number of hydrogen-bond donors (Lipinski definition) is 2. The molecule has 1 aliphatic carbocycles. The highest BCUT2D eigenvalue weighted by molar-refractivity contribution is 5.84. The van der Waals surface area contributed by atoms with Crippen molar-refractivity contribution >= 4 is 17.8 Å². The Morgan fingerprint density at radius 3 is 2.29 bits per heavy atom. The van der Waals surface area contributed by atoms with Gasteiger partial charge in [-0.05, 0) is 32.6 Å². The number of aliphatic imine (C=N–C) groups is 1. The van der Waals surface area contributed by atoms with Gasteiger partial charge in [0.25, 0.3) is 0 Å². The Morgan fingerprint density at radius 1 is 1.18 bits per heavy atom. The Balaban J connectivity index is 1.97. The van der Waals surface area contributed by atoms with Gasteiger partial charge in [0, 0.05) is 45.7 Å². The predicted octanol–water partition coefficient (Wildman–Crippen LogP) is 1.84. The molecule has 2 aliphatic rings. The van der Waals surface area contributed by atoms with Gasteiger partial charge in [0.15, 0.2) is 5.96 Å². The van der Waals surface area contributed by atoms with Crippen LogP contribution in [0, 0.1) is 11.3 Å². The molecule has 0 unspecified atom stereocenters. The molecule has 1 aliphatic heterocycles. The van der Waals surface area contributed by atoms with Gasteiger partial charge in [0.1, 0.15) is 0 Å². The van der Waals surface area contributed by atoms with E-state index >= 15 is 0 Å². The summed E-state index contributed by atoms with van der Waals surface area (Å²) in [6, 6.07) is 0.304. The van der Waals surface area contributed by atoms with Crippen molar-refractivity contribution in [2.24, 2.45) is 16.3 Å². The summed E-state index contributed by atoms with van der Waals surface area (Å²) in [5.74, 6) is 1.28. The zero-order valence-electron chi connectivity index (χ0n) is 18.4. The Labute approximate surface area is 170 Å². The normalized spacial score (nSPS) is 20.4. The lowest BCUT2D eigenvalue weighted by Gasteiger charge is -2.34. The van der Waals surface area contributed by atoms with Gasteiger partial charge in [0.2, 0.25) is 11.8 Å². The van der Waals surface area contributed by atoms with Crippen molar-refractivity contribution in [2.45, 2.75) is 65.3 Å². The molecule has 7 heteroatoms. The monoisotopic (exact) mass is 393 g/mol. The summed E-state index contributed by atoms with van der Waals surface area (Å²) in [5, 5.41) is 6.86. The molecule has 2 rings (SSSR count). The number of piperidine rings is 1. The van der Waals surface area contributed by atoms with Crippen LogP contribution in [0.5, 0.6) is 0 Å². The van der Waals surface area contributed by atoms with Crippen LogP contribution in [0.25, 0.3) is 0 Å². The van der Waals surface area contributed by atoms with Crippen molar-refractivity contribution in [2.75, 3.05) is 40.3 Å². The molecule has 2 N–H and O–H groups in total. The van der Waals surface area contributed by atoms with Gasteiger partial charge < -0.3 is 20.4 Å². The lowest BCUT2D eigenvalue weighted by Crippen LogP contribution is -2.50. The van der Waals surface area contributed by atoms with Crippen LogP contribution < -0.4 is 10.6 Å². The highest BCUT2D eigenvalue weighted by Gasteiger charge is 2.42. The van der Waals surface area contributed by atoms with E-state index in [-0.39, 0.29) is 23.1 Å². The molecule has 0 radical (unpaired) electrons. The third-order valence-corrected chi connectivity index (χ3v) is 5.95. The minimum atomic E-state index is -0.348.